The molecule has 2 aromatic carbocycles. The summed E-state index contributed by atoms with van der Waals surface area (Å²) in [4.78, 5) is 0. The van der Waals surface area contributed by atoms with Crippen molar-refractivity contribution in [3.8, 4) is 16.9 Å². The molecule has 0 aromatic heterocycles. The summed E-state index contributed by atoms with van der Waals surface area (Å²) in [5.74, 6) is 0.0136. The predicted octanol–water partition coefficient (Wildman–Crippen LogP) is 2.19. The lowest BCUT2D eigenvalue weighted by molar-refractivity contribution is 0.372. The van der Waals surface area contributed by atoms with Crippen LogP contribution in [0.2, 0.25) is 0 Å². The van der Waals surface area contributed by atoms with Crippen molar-refractivity contribution in [3.05, 3.63) is 54.6 Å². The van der Waals surface area contributed by atoms with Crippen molar-refractivity contribution < 1.29 is 17.2 Å². The highest BCUT2D eigenvalue weighted by molar-refractivity contribution is 7.81. The van der Waals surface area contributed by atoms with Crippen LogP contribution in [0.4, 0.5) is 0 Å². The fourth-order valence-corrected chi connectivity index (χ4v) is 1.80. The average molecular weight is 249 g/mol. The normalized spacial score (nSPS) is 11.1. The summed E-state index contributed by atoms with van der Waals surface area (Å²) in [5.41, 5.74) is 1.92. The fraction of sp³-hybridized carbons (Fsp3) is 0. The SMILES string of the molecule is O=S(=O)([O-])Oc1ccc(-c2ccccc2)cc1. The van der Waals surface area contributed by atoms with E-state index < -0.39 is 10.4 Å². The Morgan fingerprint density at radius 3 is 1.88 bits per heavy atom. The third kappa shape index (κ3) is 3.30. The molecule has 0 aliphatic carbocycles. The number of rotatable bonds is 3. The van der Waals surface area contributed by atoms with E-state index >= 15 is 0 Å². The maximum absolute atomic E-state index is 10.4. The van der Waals surface area contributed by atoms with Gasteiger partial charge in [-0.05, 0) is 23.3 Å². The largest absolute Gasteiger partial charge is 0.716 e. The molecule has 88 valence electrons. The number of hydrogen-bond donors (Lipinski definition) is 0. The molecule has 0 aliphatic rings. The van der Waals surface area contributed by atoms with Crippen molar-refractivity contribution >= 4 is 10.4 Å². The van der Waals surface area contributed by atoms with Crippen molar-refractivity contribution in [3.63, 3.8) is 0 Å². The lowest BCUT2D eigenvalue weighted by Gasteiger charge is -2.09. The van der Waals surface area contributed by atoms with Crippen LogP contribution in [0.1, 0.15) is 0 Å². The van der Waals surface area contributed by atoms with E-state index in [4.69, 9.17) is 0 Å². The van der Waals surface area contributed by atoms with Crippen molar-refractivity contribution in [2.75, 3.05) is 0 Å². The molecule has 0 saturated heterocycles. The molecular weight excluding hydrogens is 240 g/mol. The molecule has 0 unspecified atom stereocenters. The van der Waals surface area contributed by atoms with Crippen LogP contribution in [0.5, 0.6) is 5.75 Å². The molecule has 0 spiro atoms. The van der Waals surface area contributed by atoms with Gasteiger partial charge in [0.2, 0.25) is 0 Å². The van der Waals surface area contributed by atoms with E-state index in [2.05, 4.69) is 4.18 Å². The van der Waals surface area contributed by atoms with Crippen LogP contribution in [0, 0.1) is 0 Å². The van der Waals surface area contributed by atoms with Gasteiger partial charge in [-0.2, -0.15) is 0 Å². The second-order valence-corrected chi connectivity index (χ2v) is 4.37. The summed E-state index contributed by atoms with van der Waals surface area (Å²) in [7, 11) is -4.70. The molecule has 0 radical (unpaired) electrons. The zero-order chi connectivity index (χ0) is 12.3. The summed E-state index contributed by atoms with van der Waals surface area (Å²) in [6, 6.07) is 15.8. The van der Waals surface area contributed by atoms with Gasteiger partial charge in [-0.3, -0.25) is 0 Å². The molecule has 0 fully saturated rings. The van der Waals surface area contributed by atoms with Gasteiger partial charge >= 0.3 is 0 Å². The fourth-order valence-electron chi connectivity index (χ4n) is 1.45. The van der Waals surface area contributed by atoms with E-state index in [-0.39, 0.29) is 5.75 Å². The molecule has 2 rings (SSSR count). The second-order valence-electron chi connectivity index (χ2n) is 3.38. The highest BCUT2D eigenvalue weighted by atomic mass is 32.3. The molecular formula is C12H9O4S-. The van der Waals surface area contributed by atoms with Crippen LogP contribution in [0.25, 0.3) is 11.1 Å². The molecule has 5 heteroatoms. The zero-order valence-corrected chi connectivity index (χ0v) is 9.55. The maximum atomic E-state index is 10.4. The molecule has 0 amide bonds. The number of hydrogen-bond acceptors (Lipinski definition) is 4. The summed E-state index contributed by atoms with van der Waals surface area (Å²) in [5, 5.41) is 0. The van der Waals surface area contributed by atoms with Gasteiger partial charge in [-0.25, -0.2) is 8.42 Å². The lowest BCUT2D eigenvalue weighted by atomic mass is 10.1. The highest BCUT2D eigenvalue weighted by Gasteiger charge is 2.00. The molecule has 0 N–H and O–H groups in total. The molecule has 2 aromatic rings. The number of benzene rings is 2. The minimum absolute atomic E-state index is 0.0136. The smallest absolute Gasteiger partial charge is 0.262 e. The van der Waals surface area contributed by atoms with Crippen LogP contribution >= 0.6 is 0 Å². The van der Waals surface area contributed by atoms with Gasteiger partial charge in [0.25, 0.3) is 10.4 Å². The third-order valence-corrected chi connectivity index (χ3v) is 2.56. The topological polar surface area (TPSA) is 66.4 Å². The van der Waals surface area contributed by atoms with Crippen LogP contribution in [-0.2, 0) is 10.4 Å². The van der Waals surface area contributed by atoms with E-state index in [0.717, 1.165) is 11.1 Å². The highest BCUT2D eigenvalue weighted by Crippen LogP contribution is 2.22. The first-order valence-electron chi connectivity index (χ1n) is 4.85. The van der Waals surface area contributed by atoms with E-state index in [1.807, 2.05) is 30.3 Å². The van der Waals surface area contributed by atoms with Gasteiger partial charge in [0.1, 0.15) is 5.75 Å². The Labute approximate surface area is 99.4 Å². The van der Waals surface area contributed by atoms with Crippen molar-refractivity contribution in [1.29, 1.82) is 0 Å². The lowest BCUT2D eigenvalue weighted by Crippen LogP contribution is -2.06. The van der Waals surface area contributed by atoms with Crippen LogP contribution < -0.4 is 4.18 Å². The molecule has 17 heavy (non-hydrogen) atoms. The van der Waals surface area contributed by atoms with Gasteiger partial charge in [0, 0.05) is 0 Å². The van der Waals surface area contributed by atoms with Crippen molar-refractivity contribution in [1.82, 2.24) is 0 Å². The minimum atomic E-state index is -4.70. The first kappa shape index (κ1) is 11.6. The monoisotopic (exact) mass is 249 g/mol. The Kier molecular flexibility index (Phi) is 3.12. The molecule has 4 nitrogen and oxygen atoms in total. The molecule has 0 aliphatic heterocycles. The quantitative estimate of drug-likeness (QED) is 0.617. The van der Waals surface area contributed by atoms with Crippen LogP contribution in [0.3, 0.4) is 0 Å². The van der Waals surface area contributed by atoms with Gasteiger partial charge in [0.15, 0.2) is 0 Å². The third-order valence-electron chi connectivity index (χ3n) is 2.16. The van der Waals surface area contributed by atoms with Gasteiger partial charge in [-0.15, -0.1) is 0 Å². The van der Waals surface area contributed by atoms with Crippen molar-refractivity contribution in [2.24, 2.45) is 0 Å². The molecule has 0 heterocycles. The van der Waals surface area contributed by atoms with Crippen LogP contribution in [0.15, 0.2) is 54.6 Å². The first-order chi connectivity index (χ1) is 8.04. The van der Waals surface area contributed by atoms with E-state index in [0.29, 0.717) is 0 Å². The minimum Gasteiger partial charge on any atom is -0.716 e. The van der Waals surface area contributed by atoms with E-state index in [9.17, 15) is 13.0 Å². The Morgan fingerprint density at radius 1 is 0.824 bits per heavy atom. The molecule has 0 saturated carbocycles. The molecule has 0 bridgehead atoms. The summed E-state index contributed by atoms with van der Waals surface area (Å²) < 4.78 is 35.3. The Hall–Kier alpha value is -1.85. The first-order valence-corrected chi connectivity index (χ1v) is 6.19. The summed E-state index contributed by atoms with van der Waals surface area (Å²) in [6.07, 6.45) is 0. The standard InChI is InChI=1S/C12H10O4S/c13-17(14,15)16-12-8-6-11(7-9-12)10-4-2-1-3-5-10/h1-9H,(H,13,14,15)/p-1. The Morgan fingerprint density at radius 2 is 1.35 bits per heavy atom. The van der Waals surface area contributed by atoms with E-state index in [1.54, 1.807) is 12.1 Å². The Balaban J connectivity index is 2.25. The Bertz CT molecular complexity index is 588. The summed E-state index contributed by atoms with van der Waals surface area (Å²) >= 11 is 0. The molecule has 0 atom stereocenters. The maximum Gasteiger partial charge on any atom is 0.262 e. The summed E-state index contributed by atoms with van der Waals surface area (Å²) in [6.45, 7) is 0. The van der Waals surface area contributed by atoms with Crippen molar-refractivity contribution in [2.45, 2.75) is 0 Å². The van der Waals surface area contributed by atoms with Crippen LogP contribution in [-0.4, -0.2) is 13.0 Å². The van der Waals surface area contributed by atoms with Gasteiger partial charge < -0.3 is 8.74 Å². The predicted molar refractivity (Wildman–Crippen MR) is 62.2 cm³/mol. The average Bonchev–Trinajstić information content (AvgIpc) is 2.29. The van der Waals surface area contributed by atoms with Gasteiger partial charge in [0.05, 0.1) is 0 Å². The second kappa shape index (κ2) is 4.57. The zero-order valence-electron chi connectivity index (χ0n) is 8.74. The van der Waals surface area contributed by atoms with E-state index in [1.165, 1.54) is 12.1 Å². The van der Waals surface area contributed by atoms with Gasteiger partial charge in [-0.1, -0.05) is 42.5 Å².